The van der Waals surface area contributed by atoms with Gasteiger partial charge < -0.3 is 9.64 Å². The minimum atomic E-state index is -2.57. The van der Waals surface area contributed by atoms with Crippen LogP contribution in [0.3, 0.4) is 0 Å². The monoisotopic (exact) mass is 438 g/mol. The summed E-state index contributed by atoms with van der Waals surface area (Å²) in [6.07, 6.45) is 9.10. The second-order valence-electron chi connectivity index (χ2n) is 11.0. The fraction of sp³-hybridized carbons (Fsp3) is 0.913. The molecule has 0 bridgehead atoms. The fourth-order valence-corrected chi connectivity index (χ4v) is 7.80. The van der Waals surface area contributed by atoms with E-state index in [1.807, 2.05) is 11.8 Å². The van der Waals surface area contributed by atoms with Crippen LogP contribution in [0.4, 0.5) is 0 Å². The molecule has 0 aromatic rings. The second kappa shape index (κ2) is 7.88. The van der Waals surface area contributed by atoms with Crippen LogP contribution in [0.1, 0.15) is 72.1 Å². The topological polar surface area (TPSA) is 76.0 Å². The normalized spacial score (nSPS) is 37.5. The summed E-state index contributed by atoms with van der Waals surface area (Å²) in [5.41, 5.74) is 0.391. The van der Waals surface area contributed by atoms with Crippen molar-refractivity contribution in [2.75, 3.05) is 26.0 Å². The lowest BCUT2D eigenvalue weighted by atomic mass is 9.76. The zero-order valence-corrected chi connectivity index (χ0v) is 19.8. The van der Waals surface area contributed by atoms with Crippen molar-refractivity contribution in [1.29, 1.82) is 0 Å². The van der Waals surface area contributed by atoms with E-state index in [0.717, 1.165) is 45.1 Å². The first-order valence-electron chi connectivity index (χ1n) is 11.7. The standard InChI is InChI=1S/C23H38N2O4S/c1-5-29-17-13-23(14-17)15-19(23)21(27)25-10-7-18(8-11-25)30(4,28)24-20(26)16-6-9-22(2,3)12-16/h16-19H,5-15H2,1-4H3. The van der Waals surface area contributed by atoms with Crippen molar-refractivity contribution in [3.8, 4) is 0 Å². The predicted molar refractivity (Wildman–Crippen MR) is 117 cm³/mol. The van der Waals surface area contributed by atoms with E-state index < -0.39 is 9.73 Å². The van der Waals surface area contributed by atoms with Gasteiger partial charge in [-0.25, -0.2) is 4.21 Å². The van der Waals surface area contributed by atoms with Gasteiger partial charge in [0.15, 0.2) is 0 Å². The molecule has 4 aliphatic rings. The Balaban J connectivity index is 1.28. The number of ether oxygens (including phenoxy) is 1. The summed E-state index contributed by atoms with van der Waals surface area (Å²) in [6, 6.07) is 0. The van der Waals surface area contributed by atoms with E-state index in [-0.39, 0.29) is 39.7 Å². The Bertz CT molecular complexity index is 815. The summed E-state index contributed by atoms with van der Waals surface area (Å²) >= 11 is 0. The van der Waals surface area contributed by atoms with Crippen molar-refractivity contribution in [3.63, 3.8) is 0 Å². The van der Waals surface area contributed by atoms with E-state index in [4.69, 9.17) is 4.74 Å². The van der Waals surface area contributed by atoms with E-state index in [0.29, 0.717) is 32.0 Å². The van der Waals surface area contributed by atoms with Gasteiger partial charge >= 0.3 is 0 Å². The zero-order valence-electron chi connectivity index (χ0n) is 19.0. The SMILES string of the molecule is CCOC1CC2(C1)CC2C(=O)N1CCC(S(C)(=O)=NC(=O)C2CCC(C)(C)C2)CC1. The highest BCUT2D eigenvalue weighted by Gasteiger charge is 2.65. The van der Waals surface area contributed by atoms with Crippen LogP contribution >= 0.6 is 0 Å². The van der Waals surface area contributed by atoms with Crippen molar-refractivity contribution in [2.24, 2.45) is 27.0 Å². The Morgan fingerprint density at radius 1 is 1.10 bits per heavy atom. The van der Waals surface area contributed by atoms with Crippen LogP contribution in [0.2, 0.25) is 0 Å². The van der Waals surface area contributed by atoms with E-state index in [2.05, 4.69) is 18.2 Å². The maximum absolute atomic E-state index is 13.2. The van der Waals surface area contributed by atoms with E-state index in [9.17, 15) is 13.8 Å². The van der Waals surface area contributed by atoms with Crippen molar-refractivity contribution >= 4 is 21.5 Å². The third kappa shape index (κ3) is 4.34. The van der Waals surface area contributed by atoms with Crippen LogP contribution in [0.25, 0.3) is 0 Å². The van der Waals surface area contributed by atoms with Gasteiger partial charge in [-0.15, -0.1) is 0 Å². The molecule has 2 amide bonds. The molecule has 6 nitrogen and oxygen atoms in total. The lowest BCUT2D eigenvalue weighted by molar-refractivity contribution is -0.136. The summed E-state index contributed by atoms with van der Waals surface area (Å²) in [5.74, 6) is 0.192. The molecule has 1 aliphatic heterocycles. The largest absolute Gasteiger partial charge is 0.378 e. The molecule has 3 aliphatic carbocycles. The van der Waals surface area contributed by atoms with E-state index >= 15 is 0 Å². The Labute approximate surface area is 181 Å². The Kier molecular flexibility index (Phi) is 5.84. The lowest BCUT2D eigenvalue weighted by Crippen LogP contribution is -2.45. The van der Waals surface area contributed by atoms with Gasteiger partial charge in [0, 0.05) is 43.0 Å². The molecule has 1 saturated heterocycles. The zero-order chi connectivity index (χ0) is 21.7. The van der Waals surface area contributed by atoms with Crippen LogP contribution < -0.4 is 0 Å². The average molecular weight is 439 g/mol. The molecule has 3 unspecified atom stereocenters. The molecule has 3 atom stereocenters. The van der Waals surface area contributed by atoms with Gasteiger partial charge in [0.05, 0.1) is 15.8 Å². The second-order valence-corrected chi connectivity index (χ2v) is 13.6. The molecule has 4 fully saturated rings. The maximum Gasteiger partial charge on any atom is 0.256 e. The fourth-order valence-electron chi connectivity index (χ4n) is 6.06. The van der Waals surface area contributed by atoms with Crippen LogP contribution in [-0.2, 0) is 24.1 Å². The number of hydrogen-bond donors (Lipinski definition) is 0. The van der Waals surface area contributed by atoms with E-state index in [1.54, 1.807) is 6.26 Å². The van der Waals surface area contributed by atoms with Gasteiger partial charge in [0.25, 0.3) is 5.91 Å². The number of piperidine rings is 1. The van der Waals surface area contributed by atoms with Gasteiger partial charge in [-0.2, -0.15) is 4.36 Å². The summed E-state index contributed by atoms with van der Waals surface area (Å²) in [4.78, 5) is 27.5. The molecular weight excluding hydrogens is 400 g/mol. The van der Waals surface area contributed by atoms with Crippen LogP contribution in [0.5, 0.6) is 0 Å². The number of nitrogens with zero attached hydrogens (tertiary/aromatic N) is 2. The molecular formula is C23H38N2O4S. The predicted octanol–water partition coefficient (Wildman–Crippen LogP) is 3.63. The van der Waals surface area contributed by atoms with E-state index in [1.165, 1.54) is 0 Å². The highest BCUT2D eigenvalue weighted by molar-refractivity contribution is 7.93. The number of carbonyl (C=O) groups is 2. The van der Waals surface area contributed by atoms with Gasteiger partial charge in [-0.1, -0.05) is 13.8 Å². The minimum absolute atomic E-state index is 0.0727. The van der Waals surface area contributed by atoms with Gasteiger partial charge in [0.2, 0.25) is 5.91 Å². The molecule has 170 valence electrons. The first-order chi connectivity index (χ1) is 14.1. The van der Waals surface area contributed by atoms with Crippen molar-refractivity contribution in [3.05, 3.63) is 0 Å². The molecule has 7 heteroatoms. The Morgan fingerprint density at radius 2 is 1.77 bits per heavy atom. The molecule has 0 aromatic heterocycles. The first kappa shape index (κ1) is 22.3. The lowest BCUT2D eigenvalue weighted by Gasteiger charge is -2.38. The summed E-state index contributed by atoms with van der Waals surface area (Å²) in [6.45, 7) is 8.40. The highest BCUT2D eigenvalue weighted by Crippen LogP contribution is 2.66. The highest BCUT2D eigenvalue weighted by atomic mass is 32.2. The van der Waals surface area contributed by atoms with Gasteiger partial charge in [-0.05, 0) is 69.1 Å². The molecule has 0 N–H and O–H groups in total. The number of amides is 2. The third-order valence-corrected chi connectivity index (χ3v) is 10.4. The maximum atomic E-state index is 13.2. The summed E-state index contributed by atoms with van der Waals surface area (Å²) in [5, 5.41) is -0.0980. The number of hydrogen-bond acceptors (Lipinski definition) is 4. The molecule has 1 spiro atoms. The van der Waals surface area contributed by atoms with Crippen LogP contribution in [0, 0.1) is 22.7 Å². The average Bonchev–Trinajstić information content (AvgIpc) is 3.29. The molecule has 1 heterocycles. The van der Waals surface area contributed by atoms with Crippen LogP contribution in [0.15, 0.2) is 4.36 Å². The van der Waals surface area contributed by atoms with Crippen molar-refractivity contribution in [1.82, 2.24) is 4.90 Å². The van der Waals surface area contributed by atoms with Crippen molar-refractivity contribution in [2.45, 2.75) is 83.5 Å². The first-order valence-corrected chi connectivity index (χ1v) is 13.7. The Morgan fingerprint density at radius 3 is 2.33 bits per heavy atom. The summed E-state index contributed by atoms with van der Waals surface area (Å²) in [7, 11) is -2.57. The minimum Gasteiger partial charge on any atom is -0.378 e. The van der Waals surface area contributed by atoms with Crippen molar-refractivity contribution < 1.29 is 18.5 Å². The summed E-state index contributed by atoms with van der Waals surface area (Å²) < 4.78 is 23.1. The Hall–Kier alpha value is -0.950. The molecule has 3 saturated carbocycles. The quantitative estimate of drug-likeness (QED) is 0.657. The third-order valence-electron chi connectivity index (χ3n) is 8.12. The molecule has 0 radical (unpaired) electrons. The van der Waals surface area contributed by atoms with Gasteiger partial charge in [0.1, 0.15) is 0 Å². The number of rotatable bonds is 5. The molecule has 0 aromatic carbocycles. The molecule has 4 rings (SSSR count). The van der Waals surface area contributed by atoms with Crippen LogP contribution in [-0.4, -0.2) is 58.2 Å². The number of carbonyl (C=O) groups excluding carboxylic acids is 2. The van der Waals surface area contributed by atoms with Gasteiger partial charge in [-0.3, -0.25) is 9.59 Å². The molecule has 30 heavy (non-hydrogen) atoms. The number of likely N-dealkylation sites (tertiary alicyclic amines) is 1. The smallest absolute Gasteiger partial charge is 0.256 e.